The van der Waals surface area contributed by atoms with Crippen molar-refractivity contribution in [3.63, 3.8) is 0 Å². The average molecular weight is 329 g/mol. The molecule has 0 unspecified atom stereocenters. The summed E-state index contributed by atoms with van der Waals surface area (Å²) in [6, 6.07) is -1.48. The van der Waals surface area contributed by atoms with Gasteiger partial charge in [0.05, 0.1) is 33.4 Å². The maximum Gasteiger partial charge on any atom is 0.328 e. The first-order chi connectivity index (χ1) is 11.0. The third-order valence-corrected chi connectivity index (χ3v) is 4.08. The highest BCUT2D eigenvalue weighted by Gasteiger charge is 2.37. The van der Waals surface area contributed by atoms with Crippen molar-refractivity contribution in [3.8, 4) is 0 Å². The molecule has 0 aromatic heterocycles. The van der Waals surface area contributed by atoms with Crippen LogP contribution >= 0.6 is 0 Å². The number of hydrogen-bond acceptors (Lipinski definition) is 5. The number of hydrogen-bond donors (Lipinski definition) is 2. The molecular weight excluding hydrogens is 304 g/mol. The van der Waals surface area contributed by atoms with E-state index in [9.17, 15) is 14.4 Å². The molecule has 2 atom stereocenters. The number of methoxy groups -OCH3 is 1. The number of quaternary nitrogens is 1. The van der Waals surface area contributed by atoms with Crippen molar-refractivity contribution in [2.24, 2.45) is 0 Å². The Morgan fingerprint density at radius 2 is 1.96 bits per heavy atom. The number of amides is 3. The smallest absolute Gasteiger partial charge is 0.328 e. The highest BCUT2D eigenvalue weighted by Crippen LogP contribution is 2.09. The van der Waals surface area contributed by atoms with Crippen LogP contribution in [0.1, 0.15) is 6.92 Å². The Morgan fingerprint density at radius 1 is 1.26 bits per heavy atom. The third kappa shape index (κ3) is 4.32. The van der Waals surface area contributed by atoms with Crippen LogP contribution in [0.25, 0.3) is 0 Å². The lowest BCUT2D eigenvalue weighted by molar-refractivity contribution is -0.665. The minimum Gasteiger partial charge on any atom is -0.467 e. The first-order valence-corrected chi connectivity index (χ1v) is 7.87. The molecule has 9 nitrogen and oxygen atoms in total. The normalized spacial score (nSPS) is 23.1. The molecule has 2 heterocycles. The van der Waals surface area contributed by atoms with E-state index in [1.807, 2.05) is 5.32 Å². The second kappa shape index (κ2) is 8.11. The van der Waals surface area contributed by atoms with Crippen molar-refractivity contribution in [1.29, 1.82) is 0 Å². The molecule has 0 aromatic carbocycles. The summed E-state index contributed by atoms with van der Waals surface area (Å²) in [5.74, 6) is -0.843. The second-order valence-corrected chi connectivity index (χ2v) is 5.66. The number of rotatable bonds is 3. The van der Waals surface area contributed by atoms with Crippen LogP contribution in [0.4, 0.5) is 4.79 Å². The molecule has 0 aromatic rings. The van der Waals surface area contributed by atoms with Crippen molar-refractivity contribution in [3.05, 3.63) is 0 Å². The Balaban J connectivity index is 2.00. The maximum absolute atomic E-state index is 12.7. The molecule has 3 N–H and O–H groups in total. The quantitative estimate of drug-likeness (QED) is 0.551. The molecule has 0 bridgehead atoms. The molecule has 2 fully saturated rings. The highest BCUT2D eigenvalue weighted by atomic mass is 16.5. The lowest BCUT2D eigenvalue weighted by atomic mass is 10.1. The number of nitrogens with one attached hydrogen (secondary N) is 1. The van der Waals surface area contributed by atoms with Gasteiger partial charge in [0.25, 0.3) is 0 Å². The lowest BCUT2D eigenvalue weighted by Gasteiger charge is -2.38. The Labute approximate surface area is 135 Å². The molecule has 0 radical (unpaired) electrons. The number of nitrogens with two attached hydrogens (primary N) is 1. The minimum absolute atomic E-state index is 0.146. The molecule has 130 valence electrons. The summed E-state index contributed by atoms with van der Waals surface area (Å²) in [6.45, 7) is 5.40. The van der Waals surface area contributed by atoms with Crippen LogP contribution in [-0.4, -0.2) is 92.8 Å². The standard InChI is InChI=1S/C14H24N4O5/c1-10(13(20)22-2)16-12(19)11-9-15-3-4-18(11)14(21)17-5-7-23-8-6-17/h10-11,15H,3-9H2,1-2H3,(H,16,19)/p+1/t10-,11+/m1/s1. The molecule has 0 aliphatic carbocycles. The Hall–Kier alpha value is -1.87. The summed E-state index contributed by atoms with van der Waals surface area (Å²) in [7, 11) is 1.27. The van der Waals surface area contributed by atoms with E-state index in [0.717, 1.165) is 6.54 Å². The molecule has 2 aliphatic rings. The van der Waals surface area contributed by atoms with Gasteiger partial charge in [0, 0.05) is 13.1 Å². The number of carbonyl (C=O) groups is 3. The van der Waals surface area contributed by atoms with E-state index in [0.29, 0.717) is 39.4 Å². The van der Waals surface area contributed by atoms with Gasteiger partial charge in [-0.2, -0.15) is 0 Å². The van der Waals surface area contributed by atoms with Gasteiger partial charge in [-0.05, 0) is 6.92 Å². The van der Waals surface area contributed by atoms with E-state index >= 15 is 0 Å². The molecule has 3 amide bonds. The van der Waals surface area contributed by atoms with Gasteiger partial charge in [0.1, 0.15) is 12.6 Å². The summed E-state index contributed by atoms with van der Waals surface area (Å²) in [6.07, 6.45) is 0. The minimum atomic E-state index is -0.741. The van der Waals surface area contributed by atoms with Gasteiger partial charge in [-0.25, -0.2) is 9.59 Å². The Morgan fingerprint density at radius 3 is 2.61 bits per heavy atom. The second-order valence-electron chi connectivity index (χ2n) is 5.66. The van der Waals surface area contributed by atoms with Crippen LogP contribution in [0, 0.1) is 0 Å². The largest absolute Gasteiger partial charge is 0.467 e. The predicted octanol–water partition coefficient (Wildman–Crippen LogP) is -2.64. The fourth-order valence-corrected chi connectivity index (χ4v) is 2.75. The van der Waals surface area contributed by atoms with Crippen LogP contribution in [-0.2, 0) is 19.1 Å². The number of nitrogens with zero attached hydrogens (tertiary/aromatic N) is 2. The molecular formula is C14H25N4O5+. The zero-order valence-corrected chi connectivity index (χ0v) is 13.6. The topological polar surface area (TPSA) is 105 Å². The fraction of sp³-hybridized carbons (Fsp3) is 0.786. The molecule has 23 heavy (non-hydrogen) atoms. The molecule has 2 rings (SSSR count). The van der Waals surface area contributed by atoms with Crippen LogP contribution in [0.3, 0.4) is 0 Å². The van der Waals surface area contributed by atoms with E-state index in [-0.39, 0.29) is 11.9 Å². The zero-order valence-electron chi connectivity index (χ0n) is 13.6. The van der Waals surface area contributed by atoms with E-state index < -0.39 is 18.1 Å². The number of urea groups is 1. The van der Waals surface area contributed by atoms with E-state index in [2.05, 4.69) is 10.1 Å². The lowest BCUT2D eigenvalue weighted by Crippen LogP contribution is -2.93. The first kappa shape index (κ1) is 17.5. The van der Waals surface area contributed by atoms with Crippen molar-refractivity contribution < 1.29 is 29.2 Å². The van der Waals surface area contributed by atoms with Crippen LogP contribution in [0.15, 0.2) is 0 Å². The van der Waals surface area contributed by atoms with Gasteiger partial charge < -0.3 is 29.9 Å². The molecule has 0 spiro atoms. The number of morpholine rings is 1. The van der Waals surface area contributed by atoms with Crippen LogP contribution in [0.5, 0.6) is 0 Å². The third-order valence-electron chi connectivity index (χ3n) is 4.08. The van der Waals surface area contributed by atoms with Crippen LogP contribution in [0.2, 0.25) is 0 Å². The summed E-state index contributed by atoms with van der Waals surface area (Å²) in [4.78, 5) is 39.8. The van der Waals surface area contributed by atoms with Gasteiger partial charge in [0.2, 0.25) is 5.91 Å². The zero-order chi connectivity index (χ0) is 16.8. The van der Waals surface area contributed by atoms with Crippen molar-refractivity contribution in [2.75, 3.05) is 53.0 Å². The van der Waals surface area contributed by atoms with Crippen LogP contribution < -0.4 is 10.6 Å². The Kier molecular flexibility index (Phi) is 6.17. The fourth-order valence-electron chi connectivity index (χ4n) is 2.75. The monoisotopic (exact) mass is 329 g/mol. The molecule has 2 aliphatic heterocycles. The Bertz CT molecular complexity index is 452. The summed E-state index contributed by atoms with van der Waals surface area (Å²) in [5, 5.41) is 4.61. The SMILES string of the molecule is COC(=O)[C@@H](C)NC(=O)[C@@H]1C[NH2+]CCN1C(=O)N1CCOCC1. The number of esters is 1. The van der Waals surface area contributed by atoms with Gasteiger partial charge >= 0.3 is 12.0 Å². The molecule has 0 saturated carbocycles. The van der Waals surface area contributed by atoms with Gasteiger partial charge in [-0.15, -0.1) is 0 Å². The van der Waals surface area contributed by atoms with E-state index in [4.69, 9.17) is 4.74 Å². The van der Waals surface area contributed by atoms with Crippen molar-refractivity contribution in [2.45, 2.75) is 19.0 Å². The van der Waals surface area contributed by atoms with Gasteiger partial charge in [0.15, 0.2) is 6.04 Å². The molecule has 2 saturated heterocycles. The first-order valence-electron chi connectivity index (χ1n) is 7.87. The summed E-state index contributed by atoms with van der Waals surface area (Å²) >= 11 is 0. The number of carbonyl (C=O) groups excluding carboxylic acids is 3. The van der Waals surface area contributed by atoms with E-state index in [1.54, 1.807) is 16.7 Å². The number of piperazine rings is 1. The summed E-state index contributed by atoms with van der Waals surface area (Å²) < 4.78 is 9.86. The van der Waals surface area contributed by atoms with Gasteiger partial charge in [-0.1, -0.05) is 0 Å². The van der Waals surface area contributed by atoms with Gasteiger partial charge in [-0.3, -0.25) is 4.79 Å². The van der Waals surface area contributed by atoms with Crippen molar-refractivity contribution in [1.82, 2.24) is 15.1 Å². The molecule has 9 heteroatoms. The summed E-state index contributed by atoms with van der Waals surface area (Å²) in [5.41, 5.74) is 0. The highest BCUT2D eigenvalue weighted by molar-refractivity contribution is 5.90. The predicted molar refractivity (Wildman–Crippen MR) is 79.6 cm³/mol. The average Bonchev–Trinajstić information content (AvgIpc) is 2.60. The van der Waals surface area contributed by atoms with E-state index in [1.165, 1.54) is 7.11 Å². The number of ether oxygens (including phenoxy) is 2. The van der Waals surface area contributed by atoms with Crippen molar-refractivity contribution >= 4 is 17.9 Å². The maximum atomic E-state index is 12.7.